The number of fused-ring (bicyclic) bond motifs is 1. The maximum absolute atomic E-state index is 12.5. The van der Waals surface area contributed by atoms with Crippen LogP contribution in [0.4, 0.5) is 5.69 Å². The van der Waals surface area contributed by atoms with Crippen LogP contribution in [0, 0.1) is 0 Å². The monoisotopic (exact) mass is 548 g/mol. The topological polar surface area (TPSA) is 92.3 Å². The van der Waals surface area contributed by atoms with Gasteiger partial charge in [-0.3, -0.25) is 14.5 Å². The van der Waals surface area contributed by atoms with Gasteiger partial charge in [0.15, 0.2) is 6.61 Å². The van der Waals surface area contributed by atoms with E-state index in [0.29, 0.717) is 22.7 Å². The third kappa shape index (κ3) is 7.58. The van der Waals surface area contributed by atoms with Crippen LogP contribution < -0.4 is 20.2 Å². The Bertz CT molecular complexity index is 1520. The number of methoxy groups -OCH3 is 1. The first kappa shape index (κ1) is 27.6. The number of amides is 2. The van der Waals surface area contributed by atoms with Crippen molar-refractivity contribution in [3.63, 3.8) is 0 Å². The molecule has 0 radical (unpaired) electrons. The van der Waals surface area contributed by atoms with Gasteiger partial charge in [-0.1, -0.05) is 48.5 Å². The Morgan fingerprint density at radius 1 is 0.902 bits per heavy atom. The van der Waals surface area contributed by atoms with Crippen molar-refractivity contribution in [2.24, 2.45) is 5.10 Å². The summed E-state index contributed by atoms with van der Waals surface area (Å²) in [6.07, 6.45) is 2.62. The molecule has 2 N–H and O–H groups in total. The van der Waals surface area contributed by atoms with Crippen molar-refractivity contribution in [1.29, 1.82) is 0 Å². The van der Waals surface area contributed by atoms with Gasteiger partial charge < -0.3 is 14.8 Å². The number of carbonyl (C=O) groups is 2. The smallest absolute Gasteiger partial charge is 0.271 e. The van der Waals surface area contributed by atoms with Crippen molar-refractivity contribution in [2.45, 2.75) is 19.5 Å². The molecule has 0 spiro atoms. The SMILES string of the molecule is COc1ccccc1NC(=O)COc1ccc(/C=N\NC(=O)c2ccc(CN3CCc4ccccc4C3)cc2)cc1. The number of hydrogen-bond acceptors (Lipinski definition) is 6. The number of anilines is 1. The second-order valence-corrected chi connectivity index (χ2v) is 9.73. The normalized spacial score (nSPS) is 12.9. The highest BCUT2D eigenvalue weighted by atomic mass is 16.5. The first-order valence-electron chi connectivity index (χ1n) is 13.4. The summed E-state index contributed by atoms with van der Waals surface area (Å²) in [5, 5.41) is 6.84. The number of benzene rings is 4. The van der Waals surface area contributed by atoms with Crippen LogP contribution in [0.3, 0.4) is 0 Å². The van der Waals surface area contributed by atoms with Crippen LogP contribution in [0.2, 0.25) is 0 Å². The molecule has 1 aliphatic rings. The first-order valence-corrected chi connectivity index (χ1v) is 13.4. The summed E-state index contributed by atoms with van der Waals surface area (Å²) in [6, 6.07) is 30.5. The van der Waals surface area contributed by atoms with Gasteiger partial charge in [0, 0.05) is 25.2 Å². The van der Waals surface area contributed by atoms with Crippen LogP contribution in [-0.2, 0) is 24.3 Å². The van der Waals surface area contributed by atoms with E-state index in [9.17, 15) is 9.59 Å². The molecule has 0 saturated heterocycles. The van der Waals surface area contributed by atoms with E-state index in [4.69, 9.17) is 9.47 Å². The summed E-state index contributed by atoms with van der Waals surface area (Å²) in [4.78, 5) is 27.2. The second-order valence-electron chi connectivity index (χ2n) is 9.73. The summed E-state index contributed by atoms with van der Waals surface area (Å²) in [5.41, 5.74) is 8.47. The van der Waals surface area contributed by atoms with Gasteiger partial charge in [0.1, 0.15) is 11.5 Å². The van der Waals surface area contributed by atoms with Gasteiger partial charge in [-0.15, -0.1) is 0 Å². The number of hydrogen-bond donors (Lipinski definition) is 2. The molecule has 8 nitrogen and oxygen atoms in total. The molecule has 0 saturated carbocycles. The molecule has 4 aromatic carbocycles. The van der Waals surface area contributed by atoms with Gasteiger partial charge in [-0.05, 0) is 77.2 Å². The molecular weight excluding hydrogens is 516 g/mol. The van der Waals surface area contributed by atoms with Crippen LogP contribution in [0.25, 0.3) is 0 Å². The summed E-state index contributed by atoms with van der Waals surface area (Å²) in [5.74, 6) is 0.539. The third-order valence-electron chi connectivity index (χ3n) is 6.84. The number of nitrogens with zero attached hydrogens (tertiary/aromatic N) is 2. The van der Waals surface area contributed by atoms with E-state index in [1.807, 2.05) is 36.4 Å². The van der Waals surface area contributed by atoms with E-state index in [2.05, 4.69) is 45.0 Å². The van der Waals surface area contributed by atoms with Crippen LogP contribution in [0.15, 0.2) is 102 Å². The number of ether oxygens (including phenoxy) is 2. The number of para-hydroxylation sites is 2. The minimum atomic E-state index is -0.298. The fourth-order valence-corrected chi connectivity index (χ4v) is 4.67. The van der Waals surface area contributed by atoms with Crippen LogP contribution >= 0.6 is 0 Å². The van der Waals surface area contributed by atoms with Gasteiger partial charge >= 0.3 is 0 Å². The largest absolute Gasteiger partial charge is 0.495 e. The van der Waals surface area contributed by atoms with Crippen molar-refractivity contribution in [1.82, 2.24) is 10.3 Å². The Balaban J connectivity index is 1.06. The van der Waals surface area contributed by atoms with Gasteiger partial charge in [0.2, 0.25) is 0 Å². The molecule has 0 bridgehead atoms. The van der Waals surface area contributed by atoms with Gasteiger partial charge in [0.25, 0.3) is 11.8 Å². The summed E-state index contributed by atoms with van der Waals surface area (Å²) < 4.78 is 10.8. The lowest BCUT2D eigenvalue weighted by Crippen LogP contribution is -2.30. The summed E-state index contributed by atoms with van der Waals surface area (Å²) in [7, 11) is 1.55. The van der Waals surface area contributed by atoms with E-state index in [0.717, 1.165) is 31.6 Å². The lowest BCUT2D eigenvalue weighted by atomic mass is 9.99. The number of nitrogens with one attached hydrogen (secondary N) is 2. The van der Waals surface area contributed by atoms with Crippen molar-refractivity contribution in [2.75, 3.05) is 25.6 Å². The lowest BCUT2D eigenvalue weighted by molar-refractivity contribution is -0.118. The first-order chi connectivity index (χ1) is 20.1. The Morgan fingerprint density at radius 3 is 2.41 bits per heavy atom. The van der Waals surface area contributed by atoms with E-state index in [1.165, 1.54) is 16.7 Å². The minimum absolute atomic E-state index is 0.147. The fraction of sp³-hybridized carbons (Fsp3) is 0.182. The molecule has 41 heavy (non-hydrogen) atoms. The highest BCUT2D eigenvalue weighted by Gasteiger charge is 2.16. The van der Waals surface area contributed by atoms with E-state index in [-0.39, 0.29) is 18.4 Å². The number of rotatable bonds is 10. The molecule has 208 valence electrons. The summed E-state index contributed by atoms with van der Waals surface area (Å²) in [6.45, 7) is 2.67. The molecule has 2 amide bonds. The number of carbonyl (C=O) groups excluding carboxylic acids is 2. The summed E-state index contributed by atoms with van der Waals surface area (Å²) >= 11 is 0. The molecule has 0 aromatic heterocycles. The zero-order chi connectivity index (χ0) is 28.4. The van der Waals surface area contributed by atoms with Gasteiger partial charge in [-0.25, -0.2) is 5.43 Å². The maximum atomic E-state index is 12.5. The molecule has 8 heteroatoms. The van der Waals surface area contributed by atoms with Crippen LogP contribution in [0.5, 0.6) is 11.5 Å². The van der Waals surface area contributed by atoms with Crippen LogP contribution in [0.1, 0.15) is 32.6 Å². The Morgan fingerprint density at radius 2 is 1.63 bits per heavy atom. The zero-order valence-electron chi connectivity index (χ0n) is 22.9. The fourth-order valence-electron chi connectivity index (χ4n) is 4.67. The molecular formula is C33H32N4O4. The average Bonchev–Trinajstić information content (AvgIpc) is 3.01. The van der Waals surface area contributed by atoms with Crippen molar-refractivity contribution < 1.29 is 19.1 Å². The predicted molar refractivity (Wildman–Crippen MR) is 159 cm³/mol. The molecule has 0 atom stereocenters. The average molecular weight is 549 g/mol. The highest BCUT2D eigenvalue weighted by Crippen LogP contribution is 2.23. The lowest BCUT2D eigenvalue weighted by Gasteiger charge is -2.28. The van der Waals surface area contributed by atoms with Gasteiger partial charge in [0.05, 0.1) is 19.0 Å². The quantitative estimate of drug-likeness (QED) is 0.214. The Hall–Kier alpha value is -4.95. The van der Waals surface area contributed by atoms with Crippen molar-refractivity contribution in [3.8, 4) is 11.5 Å². The highest BCUT2D eigenvalue weighted by molar-refractivity contribution is 5.95. The minimum Gasteiger partial charge on any atom is -0.495 e. The molecule has 1 heterocycles. The third-order valence-corrected chi connectivity index (χ3v) is 6.84. The maximum Gasteiger partial charge on any atom is 0.271 e. The Kier molecular flexibility index (Phi) is 9.03. The van der Waals surface area contributed by atoms with E-state index >= 15 is 0 Å². The molecule has 0 aliphatic carbocycles. The Labute approximate surface area is 239 Å². The molecule has 1 aliphatic heterocycles. The molecule has 0 fully saturated rings. The van der Waals surface area contributed by atoms with E-state index in [1.54, 1.807) is 49.7 Å². The van der Waals surface area contributed by atoms with Crippen molar-refractivity contribution in [3.05, 3.63) is 125 Å². The zero-order valence-corrected chi connectivity index (χ0v) is 22.9. The van der Waals surface area contributed by atoms with E-state index < -0.39 is 0 Å². The van der Waals surface area contributed by atoms with Crippen molar-refractivity contribution >= 4 is 23.7 Å². The number of hydrazone groups is 1. The van der Waals surface area contributed by atoms with Gasteiger partial charge in [-0.2, -0.15) is 5.10 Å². The standard InChI is InChI=1S/C33H32N4O4/c1-40-31-9-5-4-8-30(31)35-32(38)23-41-29-16-12-24(13-17-29)20-34-36-33(39)27-14-10-25(11-15-27)21-37-19-18-26-6-2-3-7-28(26)22-37/h2-17,20H,18-19,21-23H2,1H3,(H,35,38)(H,36,39)/b34-20-. The molecule has 4 aromatic rings. The predicted octanol–water partition coefficient (Wildman–Crippen LogP) is 5.03. The van der Waals surface area contributed by atoms with Crippen LogP contribution in [-0.4, -0.2) is 43.2 Å². The second kappa shape index (κ2) is 13.4. The molecule has 5 rings (SSSR count). The molecule has 0 unspecified atom stereocenters.